The number of halogens is 2. The molecule has 2 rings (SSSR count). The minimum Gasteiger partial charge on any atom is -0.271 e. The summed E-state index contributed by atoms with van der Waals surface area (Å²) in [6.07, 6.45) is 0. The van der Waals surface area contributed by atoms with Crippen molar-refractivity contribution in [2.24, 2.45) is 5.84 Å². The lowest BCUT2D eigenvalue weighted by Crippen LogP contribution is -2.29. The second-order valence-electron chi connectivity index (χ2n) is 4.63. The van der Waals surface area contributed by atoms with Gasteiger partial charge in [0.1, 0.15) is 5.82 Å². The Morgan fingerprint density at radius 3 is 2.53 bits per heavy atom. The van der Waals surface area contributed by atoms with E-state index in [1.807, 2.05) is 26.0 Å². The zero-order chi connectivity index (χ0) is 14.0. The number of hydrogen-bond donors (Lipinski definition) is 2. The predicted octanol–water partition coefficient (Wildman–Crippen LogP) is 3.76. The third-order valence-corrected chi connectivity index (χ3v) is 3.83. The average molecular weight is 323 g/mol. The van der Waals surface area contributed by atoms with Crippen LogP contribution >= 0.6 is 15.9 Å². The summed E-state index contributed by atoms with van der Waals surface area (Å²) in [5, 5.41) is 0. The second-order valence-corrected chi connectivity index (χ2v) is 5.49. The Morgan fingerprint density at radius 2 is 1.89 bits per heavy atom. The van der Waals surface area contributed by atoms with Gasteiger partial charge in [-0.05, 0) is 58.6 Å². The molecule has 0 heterocycles. The van der Waals surface area contributed by atoms with Gasteiger partial charge in [0.15, 0.2) is 0 Å². The quantitative estimate of drug-likeness (QED) is 0.667. The van der Waals surface area contributed by atoms with Gasteiger partial charge in [0.25, 0.3) is 0 Å². The van der Waals surface area contributed by atoms with Crippen LogP contribution in [-0.2, 0) is 0 Å². The van der Waals surface area contributed by atoms with Gasteiger partial charge in [0, 0.05) is 0 Å². The lowest BCUT2D eigenvalue weighted by atomic mass is 9.94. The van der Waals surface area contributed by atoms with Crippen LogP contribution in [0.15, 0.2) is 40.9 Å². The summed E-state index contributed by atoms with van der Waals surface area (Å²) in [6.45, 7) is 4.05. The maximum Gasteiger partial charge on any atom is 0.137 e. The number of benzene rings is 2. The summed E-state index contributed by atoms with van der Waals surface area (Å²) in [5.41, 5.74) is 6.90. The van der Waals surface area contributed by atoms with E-state index in [-0.39, 0.29) is 11.9 Å². The molecule has 0 amide bonds. The van der Waals surface area contributed by atoms with E-state index < -0.39 is 0 Å². The molecule has 19 heavy (non-hydrogen) atoms. The van der Waals surface area contributed by atoms with Crippen LogP contribution in [0.4, 0.5) is 4.39 Å². The summed E-state index contributed by atoms with van der Waals surface area (Å²) in [6, 6.07) is 11.0. The summed E-state index contributed by atoms with van der Waals surface area (Å²) in [5.74, 6) is 5.37. The first-order valence-corrected chi connectivity index (χ1v) is 6.80. The van der Waals surface area contributed by atoms with Crippen molar-refractivity contribution in [3.8, 4) is 0 Å². The molecule has 2 aromatic rings. The summed E-state index contributed by atoms with van der Waals surface area (Å²) in [4.78, 5) is 0. The lowest BCUT2D eigenvalue weighted by molar-refractivity contribution is 0.599. The van der Waals surface area contributed by atoms with Gasteiger partial charge in [0.2, 0.25) is 0 Å². The molecule has 0 fully saturated rings. The van der Waals surface area contributed by atoms with Gasteiger partial charge in [-0.3, -0.25) is 5.84 Å². The van der Waals surface area contributed by atoms with Crippen molar-refractivity contribution in [3.05, 3.63) is 68.9 Å². The number of rotatable bonds is 3. The van der Waals surface area contributed by atoms with Crippen molar-refractivity contribution >= 4 is 15.9 Å². The molecule has 1 unspecified atom stereocenters. The van der Waals surface area contributed by atoms with Crippen LogP contribution in [-0.4, -0.2) is 0 Å². The van der Waals surface area contributed by atoms with E-state index in [0.717, 1.165) is 22.3 Å². The third kappa shape index (κ3) is 3.03. The van der Waals surface area contributed by atoms with E-state index in [1.54, 1.807) is 6.07 Å². The van der Waals surface area contributed by atoms with Crippen LogP contribution in [0.1, 0.15) is 28.3 Å². The molecule has 0 aromatic heterocycles. The maximum absolute atomic E-state index is 13.7. The fourth-order valence-corrected chi connectivity index (χ4v) is 2.38. The minimum absolute atomic E-state index is 0.220. The Labute approximate surface area is 120 Å². The molecule has 0 spiro atoms. The van der Waals surface area contributed by atoms with Gasteiger partial charge in [-0.25, -0.2) is 9.82 Å². The molecule has 0 radical (unpaired) electrons. The smallest absolute Gasteiger partial charge is 0.137 e. The summed E-state index contributed by atoms with van der Waals surface area (Å²) in [7, 11) is 0. The second kappa shape index (κ2) is 5.82. The van der Waals surface area contributed by atoms with Crippen LogP contribution < -0.4 is 11.3 Å². The predicted molar refractivity (Wildman–Crippen MR) is 79.2 cm³/mol. The Kier molecular flexibility index (Phi) is 4.34. The fourth-order valence-electron chi connectivity index (χ4n) is 2.13. The van der Waals surface area contributed by atoms with Crippen LogP contribution in [0.3, 0.4) is 0 Å². The van der Waals surface area contributed by atoms with Crippen molar-refractivity contribution in [2.45, 2.75) is 19.9 Å². The molecule has 100 valence electrons. The number of hydrogen-bond acceptors (Lipinski definition) is 2. The van der Waals surface area contributed by atoms with E-state index in [9.17, 15) is 4.39 Å². The standard InChI is InChI=1S/C15H16BrFN2/c1-9-3-4-10(2)12(7-9)15(19-18)11-5-6-13(16)14(17)8-11/h3-8,15,19H,18H2,1-2H3. The first kappa shape index (κ1) is 14.2. The van der Waals surface area contributed by atoms with E-state index in [2.05, 4.69) is 33.5 Å². The van der Waals surface area contributed by atoms with E-state index >= 15 is 0 Å². The van der Waals surface area contributed by atoms with Crippen LogP contribution in [0, 0.1) is 19.7 Å². The first-order valence-electron chi connectivity index (χ1n) is 6.01. The van der Waals surface area contributed by atoms with Gasteiger partial charge >= 0.3 is 0 Å². The molecule has 2 nitrogen and oxygen atoms in total. The van der Waals surface area contributed by atoms with Crippen LogP contribution in [0.25, 0.3) is 0 Å². The monoisotopic (exact) mass is 322 g/mol. The third-order valence-electron chi connectivity index (χ3n) is 3.19. The number of aryl methyl sites for hydroxylation is 2. The minimum atomic E-state index is -0.289. The molecule has 0 aliphatic heterocycles. The average Bonchev–Trinajstić information content (AvgIpc) is 2.38. The van der Waals surface area contributed by atoms with Crippen molar-refractivity contribution in [2.75, 3.05) is 0 Å². The van der Waals surface area contributed by atoms with Crippen LogP contribution in [0.5, 0.6) is 0 Å². The largest absolute Gasteiger partial charge is 0.271 e. The van der Waals surface area contributed by atoms with Crippen molar-refractivity contribution < 1.29 is 4.39 Å². The van der Waals surface area contributed by atoms with Crippen LogP contribution in [0.2, 0.25) is 0 Å². The lowest BCUT2D eigenvalue weighted by Gasteiger charge is -2.20. The highest BCUT2D eigenvalue weighted by atomic mass is 79.9. The Morgan fingerprint density at radius 1 is 1.16 bits per heavy atom. The van der Waals surface area contributed by atoms with Crippen molar-refractivity contribution in [1.82, 2.24) is 5.43 Å². The zero-order valence-corrected chi connectivity index (χ0v) is 12.5. The van der Waals surface area contributed by atoms with Gasteiger partial charge < -0.3 is 0 Å². The molecule has 0 bridgehead atoms. The molecule has 0 saturated heterocycles. The first-order chi connectivity index (χ1) is 9.02. The number of hydrazine groups is 1. The van der Waals surface area contributed by atoms with Gasteiger partial charge in [0.05, 0.1) is 10.5 Å². The van der Waals surface area contributed by atoms with Gasteiger partial charge in [-0.15, -0.1) is 0 Å². The van der Waals surface area contributed by atoms with Crippen molar-refractivity contribution in [3.63, 3.8) is 0 Å². The highest BCUT2D eigenvalue weighted by Gasteiger charge is 2.16. The molecule has 1 atom stereocenters. The molecule has 4 heteroatoms. The maximum atomic E-state index is 13.7. The normalized spacial score (nSPS) is 12.5. The SMILES string of the molecule is Cc1ccc(C)c(C(NN)c2ccc(Br)c(F)c2)c1. The molecular formula is C15H16BrFN2. The van der Waals surface area contributed by atoms with Gasteiger partial charge in [-0.2, -0.15) is 0 Å². The number of nitrogens with two attached hydrogens (primary N) is 1. The fraction of sp³-hybridized carbons (Fsp3) is 0.200. The molecule has 2 aromatic carbocycles. The van der Waals surface area contributed by atoms with E-state index in [0.29, 0.717) is 4.47 Å². The Bertz CT molecular complexity index is 599. The van der Waals surface area contributed by atoms with E-state index in [1.165, 1.54) is 6.07 Å². The Hall–Kier alpha value is -1.23. The van der Waals surface area contributed by atoms with Gasteiger partial charge in [-0.1, -0.05) is 29.8 Å². The molecule has 0 aliphatic carbocycles. The highest BCUT2D eigenvalue weighted by molar-refractivity contribution is 9.10. The topological polar surface area (TPSA) is 38.0 Å². The summed E-state index contributed by atoms with van der Waals surface area (Å²) < 4.78 is 14.1. The molecular weight excluding hydrogens is 307 g/mol. The van der Waals surface area contributed by atoms with E-state index in [4.69, 9.17) is 5.84 Å². The van der Waals surface area contributed by atoms with Crippen molar-refractivity contribution in [1.29, 1.82) is 0 Å². The Balaban J connectivity index is 2.49. The molecule has 0 aliphatic rings. The molecule has 0 saturated carbocycles. The summed E-state index contributed by atoms with van der Waals surface area (Å²) >= 11 is 3.16. The molecule has 3 N–H and O–H groups in total. The highest BCUT2D eigenvalue weighted by Crippen LogP contribution is 2.27. The zero-order valence-electron chi connectivity index (χ0n) is 10.9. The number of nitrogens with one attached hydrogen (secondary N) is 1.